The highest BCUT2D eigenvalue weighted by Gasteiger charge is 2.13. The molecule has 0 fully saturated rings. The van der Waals surface area contributed by atoms with Gasteiger partial charge in [0.05, 0.1) is 10.6 Å². The second kappa shape index (κ2) is 7.71. The molecule has 0 saturated heterocycles. The third kappa shape index (κ3) is 4.77. The summed E-state index contributed by atoms with van der Waals surface area (Å²) in [5.74, 6) is -1.22. The molecule has 2 aromatic rings. The molecule has 0 saturated carbocycles. The molecule has 2 amide bonds. The van der Waals surface area contributed by atoms with E-state index in [-0.39, 0.29) is 22.9 Å². The van der Waals surface area contributed by atoms with E-state index < -0.39 is 11.8 Å². The van der Waals surface area contributed by atoms with Crippen LogP contribution in [0.2, 0.25) is 10.0 Å². The molecule has 0 radical (unpaired) electrons. The van der Waals surface area contributed by atoms with Crippen LogP contribution in [0.4, 0.5) is 0 Å². The van der Waals surface area contributed by atoms with Gasteiger partial charge in [0.1, 0.15) is 11.5 Å². The summed E-state index contributed by atoms with van der Waals surface area (Å²) in [4.78, 5) is 23.5. The summed E-state index contributed by atoms with van der Waals surface area (Å²) < 4.78 is 5.21. The maximum absolute atomic E-state index is 11.8. The van der Waals surface area contributed by atoms with Crippen LogP contribution in [0, 0.1) is 0 Å². The quantitative estimate of drug-likeness (QED) is 0.736. The van der Waals surface area contributed by atoms with Crippen LogP contribution in [0.1, 0.15) is 10.4 Å². The van der Waals surface area contributed by atoms with Crippen molar-refractivity contribution in [1.82, 2.24) is 10.9 Å². The lowest BCUT2D eigenvalue weighted by molar-refractivity contribution is -0.123. The molecule has 0 aliphatic rings. The van der Waals surface area contributed by atoms with Gasteiger partial charge in [0.25, 0.3) is 11.8 Å². The van der Waals surface area contributed by atoms with E-state index >= 15 is 0 Å². The number of ether oxygens (including phenoxy) is 1. The molecule has 2 aromatic carbocycles. The zero-order chi connectivity index (χ0) is 16.8. The predicted molar refractivity (Wildman–Crippen MR) is 85.7 cm³/mol. The van der Waals surface area contributed by atoms with Crippen molar-refractivity contribution in [3.8, 4) is 11.5 Å². The molecule has 8 heteroatoms. The number of hydrazine groups is 1. The molecule has 3 N–H and O–H groups in total. The average molecular weight is 355 g/mol. The van der Waals surface area contributed by atoms with Crippen molar-refractivity contribution in [3.63, 3.8) is 0 Å². The summed E-state index contributed by atoms with van der Waals surface area (Å²) in [6.07, 6.45) is 0. The van der Waals surface area contributed by atoms with E-state index in [0.29, 0.717) is 10.8 Å². The van der Waals surface area contributed by atoms with Crippen molar-refractivity contribution < 1.29 is 19.4 Å². The van der Waals surface area contributed by atoms with Gasteiger partial charge in [-0.15, -0.1) is 0 Å². The van der Waals surface area contributed by atoms with E-state index in [0.717, 1.165) is 0 Å². The highest BCUT2D eigenvalue weighted by atomic mass is 35.5. The number of aromatic hydroxyl groups is 1. The number of amides is 2. The molecule has 0 aliphatic carbocycles. The Labute approximate surface area is 141 Å². The molecule has 2 rings (SSSR count). The van der Waals surface area contributed by atoms with Crippen LogP contribution >= 0.6 is 23.2 Å². The Bertz CT molecular complexity index is 737. The van der Waals surface area contributed by atoms with Gasteiger partial charge in [-0.25, -0.2) is 0 Å². The molecule has 0 spiro atoms. The number of phenols is 1. The molecule has 0 aliphatic heterocycles. The van der Waals surface area contributed by atoms with E-state index in [2.05, 4.69) is 10.9 Å². The van der Waals surface area contributed by atoms with Gasteiger partial charge in [-0.1, -0.05) is 35.3 Å². The summed E-state index contributed by atoms with van der Waals surface area (Å²) in [6, 6.07) is 10.7. The largest absolute Gasteiger partial charge is 0.507 e. The van der Waals surface area contributed by atoms with Crippen molar-refractivity contribution in [3.05, 3.63) is 58.1 Å². The zero-order valence-corrected chi connectivity index (χ0v) is 13.2. The van der Waals surface area contributed by atoms with Crippen LogP contribution < -0.4 is 15.6 Å². The van der Waals surface area contributed by atoms with Gasteiger partial charge in [0, 0.05) is 5.02 Å². The number of phenolic OH excluding ortho intramolecular Hbond substituents is 1. The first kappa shape index (κ1) is 16.9. The van der Waals surface area contributed by atoms with E-state index in [1.165, 1.54) is 18.2 Å². The minimum Gasteiger partial charge on any atom is -0.507 e. The fourth-order valence-corrected chi connectivity index (χ4v) is 1.99. The molecular formula is C15H12Cl2N2O4. The summed E-state index contributed by atoms with van der Waals surface area (Å²) in [5, 5.41) is 10.2. The molecule has 23 heavy (non-hydrogen) atoms. The highest BCUT2D eigenvalue weighted by molar-refractivity contribution is 6.32. The fraction of sp³-hybridized carbons (Fsp3) is 0.0667. The van der Waals surface area contributed by atoms with Gasteiger partial charge in [-0.05, 0) is 30.3 Å². The Morgan fingerprint density at radius 2 is 1.83 bits per heavy atom. The number of hydrogen-bond acceptors (Lipinski definition) is 4. The number of carbonyl (C=O) groups excluding carboxylic acids is 2. The van der Waals surface area contributed by atoms with Crippen LogP contribution in [0.15, 0.2) is 42.5 Å². The lowest BCUT2D eigenvalue weighted by atomic mass is 10.2. The van der Waals surface area contributed by atoms with Crippen LogP contribution in [0.5, 0.6) is 11.5 Å². The number of hydrogen-bond donors (Lipinski definition) is 3. The van der Waals surface area contributed by atoms with Crippen LogP contribution in [0.3, 0.4) is 0 Å². The van der Waals surface area contributed by atoms with Crippen LogP contribution in [0.25, 0.3) is 0 Å². The normalized spacial score (nSPS) is 10.0. The molecule has 0 heterocycles. The van der Waals surface area contributed by atoms with Crippen molar-refractivity contribution in [2.24, 2.45) is 0 Å². The molecular weight excluding hydrogens is 343 g/mol. The zero-order valence-electron chi connectivity index (χ0n) is 11.7. The van der Waals surface area contributed by atoms with E-state index in [4.69, 9.17) is 27.9 Å². The van der Waals surface area contributed by atoms with Gasteiger partial charge < -0.3 is 9.84 Å². The molecule has 6 nitrogen and oxygen atoms in total. The van der Waals surface area contributed by atoms with Gasteiger partial charge in [0.2, 0.25) is 0 Å². The smallest absolute Gasteiger partial charge is 0.276 e. The lowest BCUT2D eigenvalue weighted by Crippen LogP contribution is -2.43. The van der Waals surface area contributed by atoms with Gasteiger partial charge in [-0.3, -0.25) is 20.4 Å². The minimum absolute atomic E-state index is 0.0650. The van der Waals surface area contributed by atoms with Gasteiger partial charge in [-0.2, -0.15) is 0 Å². The Morgan fingerprint density at radius 1 is 1.09 bits per heavy atom. The number of benzene rings is 2. The maximum Gasteiger partial charge on any atom is 0.276 e. The Morgan fingerprint density at radius 3 is 2.57 bits per heavy atom. The van der Waals surface area contributed by atoms with Gasteiger partial charge >= 0.3 is 0 Å². The standard InChI is InChI=1S/C15H12Cl2N2O4/c16-9-5-6-12(20)10(7-9)15(22)19-18-14(21)8-23-13-4-2-1-3-11(13)17/h1-7,20H,8H2,(H,18,21)(H,19,22). The van der Waals surface area contributed by atoms with Crippen molar-refractivity contribution >= 4 is 35.0 Å². The lowest BCUT2D eigenvalue weighted by Gasteiger charge is -2.10. The third-order valence-corrected chi connectivity index (χ3v) is 3.26. The van der Waals surface area contributed by atoms with Crippen molar-refractivity contribution in [2.75, 3.05) is 6.61 Å². The fourth-order valence-electron chi connectivity index (χ4n) is 1.63. The SMILES string of the molecule is O=C(COc1ccccc1Cl)NNC(=O)c1cc(Cl)ccc1O. The summed E-state index contributed by atoms with van der Waals surface area (Å²) in [5.41, 5.74) is 4.24. The molecule has 0 aromatic heterocycles. The van der Waals surface area contributed by atoms with Gasteiger partial charge in [0.15, 0.2) is 6.61 Å². The monoisotopic (exact) mass is 354 g/mol. The molecule has 0 unspecified atom stereocenters. The van der Waals surface area contributed by atoms with Crippen LogP contribution in [-0.2, 0) is 4.79 Å². The summed E-state index contributed by atoms with van der Waals surface area (Å²) >= 11 is 11.6. The minimum atomic E-state index is -0.712. The predicted octanol–water partition coefficient (Wildman–Crippen LogP) is 2.54. The van der Waals surface area contributed by atoms with E-state index in [1.54, 1.807) is 24.3 Å². The first-order chi connectivity index (χ1) is 11.0. The van der Waals surface area contributed by atoms with E-state index in [9.17, 15) is 14.7 Å². The Hall–Kier alpha value is -2.44. The Kier molecular flexibility index (Phi) is 5.67. The topological polar surface area (TPSA) is 87.7 Å². The second-order valence-electron chi connectivity index (χ2n) is 4.38. The summed E-state index contributed by atoms with van der Waals surface area (Å²) in [6.45, 7) is -0.342. The number of halogens is 2. The van der Waals surface area contributed by atoms with E-state index in [1.807, 2.05) is 0 Å². The number of carbonyl (C=O) groups is 2. The Balaban J connectivity index is 1.86. The number of para-hydroxylation sites is 1. The van der Waals surface area contributed by atoms with Crippen LogP contribution in [-0.4, -0.2) is 23.5 Å². The van der Waals surface area contributed by atoms with Crippen molar-refractivity contribution in [1.29, 1.82) is 0 Å². The number of rotatable bonds is 4. The van der Waals surface area contributed by atoms with Crippen molar-refractivity contribution in [2.45, 2.75) is 0 Å². The molecule has 120 valence electrons. The number of nitrogens with one attached hydrogen (secondary N) is 2. The maximum atomic E-state index is 11.8. The first-order valence-corrected chi connectivity index (χ1v) is 7.18. The average Bonchev–Trinajstić information content (AvgIpc) is 2.54. The molecule has 0 bridgehead atoms. The summed E-state index contributed by atoms with van der Waals surface area (Å²) in [7, 11) is 0. The second-order valence-corrected chi connectivity index (χ2v) is 5.23. The highest BCUT2D eigenvalue weighted by Crippen LogP contribution is 2.23. The molecule has 0 atom stereocenters. The first-order valence-electron chi connectivity index (χ1n) is 6.42. The third-order valence-electron chi connectivity index (χ3n) is 2.71.